The first-order chi connectivity index (χ1) is 8.19. The highest BCUT2D eigenvalue weighted by molar-refractivity contribution is 5.81. The molecule has 1 fully saturated rings. The summed E-state index contributed by atoms with van der Waals surface area (Å²) >= 11 is 0. The number of rotatable bonds is 4. The zero-order valence-electron chi connectivity index (χ0n) is 10.2. The van der Waals surface area contributed by atoms with Crippen molar-refractivity contribution in [3.8, 4) is 0 Å². The van der Waals surface area contributed by atoms with Gasteiger partial charge in [-0.15, -0.1) is 0 Å². The third-order valence-electron chi connectivity index (χ3n) is 3.40. The summed E-state index contributed by atoms with van der Waals surface area (Å²) in [6.45, 7) is 4.55. The van der Waals surface area contributed by atoms with Gasteiger partial charge < -0.3 is 0 Å². The Morgan fingerprint density at radius 2 is 2.12 bits per heavy atom. The maximum absolute atomic E-state index is 12.8. The lowest BCUT2D eigenvalue weighted by atomic mass is 10.0. The van der Waals surface area contributed by atoms with Crippen LogP contribution in [0.25, 0.3) is 0 Å². The monoisotopic (exact) mass is 235 g/mol. The van der Waals surface area contributed by atoms with Crippen molar-refractivity contribution in [3.05, 3.63) is 35.6 Å². The van der Waals surface area contributed by atoms with Gasteiger partial charge in [0.1, 0.15) is 11.6 Å². The number of hydrogen-bond acceptors (Lipinski definition) is 2. The highest BCUT2D eigenvalue weighted by atomic mass is 19.1. The average molecular weight is 235 g/mol. The Bertz CT molecular complexity index is 388. The van der Waals surface area contributed by atoms with Gasteiger partial charge in [-0.2, -0.15) is 0 Å². The molecule has 0 N–H and O–H groups in total. The smallest absolute Gasteiger partial charge is 0.137 e. The van der Waals surface area contributed by atoms with E-state index in [0.717, 1.165) is 31.6 Å². The molecule has 0 amide bonds. The number of benzene rings is 1. The number of Topliss-reactive ketones (excluding diaryl/α,β-unsaturated/α-hetero) is 1. The fraction of sp³-hybridized carbons (Fsp3) is 0.500. The quantitative estimate of drug-likeness (QED) is 0.799. The number of hydrogen-bond donors (Lipinski definition) is 0. The van der Waals surface area contributed by atoms with Gasteiger partial charge in [0, 0.05) is 25.4 Å². The van der Waals surface area contributed by atoms with E-state index in [1.54, 1.807) is 0 Å². The summed E-state index contributed by atoms with van der Waals surface area (Å²) in [5, 5.41) is 0. The van der Waals surface area contributed by atoms with Gasteiger partial charge in [0.2, 0.25) is 0 Å². The minimum atomic E-state index is -0.200. The van der Waals surface area contributed by atoms with Crippen molar-refractivity contribution in [2.45, 2.75) is 26.3 Å². The zero-order valence-corrected chi connectivity index (χ0v) is 10.2. The molecule has 0 aromatic heterocycles. The minimum absolute atomic E-state index is 0.200. The third-order valence-corrected chi connectivity index (χ3v) is 3.40. The normalized spacial score (nSPS) is 20.7. The Kier molecular flexibility index (Phi) is 3.89. The topological polar surface area (TPSA) is 20.3 Å². The van der Waals surface area contributed by atoms with E-state index in [-0.39, 0.29) is 11.7 Å². The molecule has 1 unspecified atom stereocenters. The molecule has 0 aliphatic carbocycles. The summed E-state index contributed by atoms with van der Waals surface area (Å²) in [5.74, 6) is 0.376. The van der Waals surface area contributed by atoms with Crippen LogP contribution in [0.1, 0.15) is 25.3 Å². The van der Waals surface area contributed by atoms with Crippen LogP contribution < -0.4 is 0 Å². The van der Waals surface area contributed by atoms with E-state index in [0.29, 0.717) is 12.2 Å². The first kappa shape index (κ1) is 12.2. The highest BCUT2D eigenvalue weighted by Gasteiger charge is 2.26. The molecule has 0 spiro atoms. The van der Waals surface area contributed by atoms with E-state index in [9.17, 15) is 9.18 Å². The van der Waals surface area contributed by atoms with Crippen LogP contribution in [0.5, 0.6) is 0 Å². The molecule has 1 atom stereocenters. The van der Waals surface area contributed by atoms with Crippen molar-refractivity contribution in [1.82, 2.24) is 4.90 Å². The van der Waals surface area contributed by atoms with E-state index in [1.807, 2.05) is 19.1 Å². The van der Waals surface area contributed by atoms with Crippen LogP contribution in [-0.2, 0) is 11.3 Å². The first-order valence-corrected chi connectivity index (χ1v) is 6.18. The first-order valence-electron chi connectivity index (χ1n) is 6.18. The van der Waals surface area contributed by atoms with Crippen LogP contribution in [0.15, 0.2) is 24.3 Å². The summed E-state index contributed by atoms with van der Waals surface area (Å²) < 4.78 is 12.8. The van der Waals surface area contributed by atoms with Crippen LogP contribution in [0.3, 0.4) is 0 Å². The number of likely N-dealkylation sites (tertiary alicyclic amines) is 1. The minimum Gasteiger partial charge on any atom is -0.299 e. The van der Waals surface area contributed by atoms with Gasteiger partial charge in [-0.25, -0.2) is 4.39 Å². The van der Waals surface area contributed by atoms with Gasteiger partial charge in [-0.3, -0.25) is 9.69 Å². The Balaban J connectivity index is 1.89. The Morgan fingerprint density at radius 3 is 2.76 bits per heavy atom. The van der Waals surface area contributed by atoms with Gasteiger partial charge in [-0.05, 0) is 30.7 Å². The lowest BCUT2D eigenvalue weighted by Crippen LogP contribution is -2.22. The van der Waals surface area contributed by atoms with E-state index < -0.39 is 0 Å². The predicted octanol–water partition coefficient (Wildman–Crippen LogP) is 2.63. The van der Waals surface area contributed by atoms with Crippen molar-refractivity contribution >= 4 is 5.78 Å². The summed E-state index contributed by atoms with van der Waals surface area (Å²) in [5.41, 5.74) is 1.11. The summed E-state index contributed by atoms with van der Waals surface area (Å²) in [6.07, 6.45) is 1.60. The van der Waals surface area contributed by atoms with Crippen LogP contribution in [0.2, 0.25) is 0 Å². The molecule has 0 bridgehead atoms. The molecule has 1 aliphatic rings. The van der Waals surface area contributed by atoms with E-state index >= 15 is 0 Å². The molecule has 0 radical (unpaired) electrons. The van der Waals surface area contributed by atoms with E-state index in [2.05, 4.69) is 4.90 Å². The van der Waals surface area contributed by atoms with E-state index in [1.165, 1.54) is 12.1 Å². The van der Waals surface area contributed by atoms with Crippen molar-refractivity contribution in [1.29, 1.82) is 0 Å². The Morgan fingerprint density at radius 1 is 1.41 bits per heavy atom. The summed E-state index contributed by atoms with van der Waals surface area (Å²) in [6, 6.07) is 6.59. The largest absolute Gasteiger partial charge is 0.299 e. The van der Waals surface area contributed by atoms with Gasteiger partial charge >= 0.3 is 0 Å². The number of nitrogens with zero attached hydrogens (tertiary/aromatic N) is 1. The number of carbonyl (C=O) groups is 1. The molecule has 1 aromatic carbocycles. The fourth-order valence-corrected chi connectivity index (χ4v) is 2.38. The van der Waals surface area contributed by atoms with Gasteiger partial charge in [0.25, 0.3) is 0 Å². The lowest BCUT2D eigenvalue weighted by molar-refractivity contribution is -0.122. The van der Waals surface area contributed by atoms with Crippen molar-refractivity contribution < 1.29 is 9.18 Å². The fourth-order valence-electron chi connectivity index (χ4n) is 2.38. The van der Waals surface area contributed by atoms with Crippen molar-refractivity contribution in [2.75, 3.05) is 13.1 Å². The lowest BCUT2D eigenvalue weighted by Gasteiger charge is -2.15. The molecule has 0 saturated carbocycles. The summed E-state index contributed by atoms with van der Waals surface area (Å²) in [7, 11) is 0. The molecule has 3 heteroatoms. The second-order valence-corrected chi connectivity index (χ2v) is 4.67. The molecule has 1 saturated heterocycles. The van der Waals surface area contributed by atoms with Gasteiger partial charge in [0.15, 0.2) is 0 Å². The van der Waals surface area contributed by atoms with Crippen molar-refractivity contribution in [3.63, 3.8) is 0 Å². The molecule has 1 aromatic rings. The maximum Gasteiger partial charge on any atom is 0.137 e. The molecule has 92 valence electrons. The number of halogens is 1. The molecular formula is C14H18FNO. The van der Waals surface area contributed by atoms with Gasteiger partial charge in [-0.1, -0.05) is 19.1 Å². The van der Waals surface area contributed by atoms with Crippen LogP contribution in [-0.4, -0.2) is 23.8 Å². The second-order valence-electron chi connectivity index (χ2n) is 4.67. The molecule has 17 heavy (non-hydrogen) atoms. The average Bonchev–Trinajstić information content (AvgIpc) is 2.80. The van der Waals surface area contributed by atoms with Crippen LogP contribution in [0.4, 0.5) is 4.39 Å². The second kappa shape index (κ2) is 5.41. The maximum atomic E-state index is 12.8. The SMILES string of the molecule is CCC(=O)C1CCN(Cc2ccc(F)cc2)C1. The van der Waals surface area contributed by atoms with Crippen molar-refractivity contribution in [2.24, 2.45) is 5.92 Å². The molecular weight excluding hydrogens is 217 g/mol. The predicted molar refractivity (Wildman–Crippen MR) is 65.1 cm³/mol. The third kappa shape index (κ3) is 3.13. The zero-order chi connectivity index (χ0) is 12.3. The molecule has 1 aliphatic heterocycles. The molecule has 1 heterocycles. The molecule has 2 nitrogen and oxygen atoms in total. The van der Waals surface area contributed by atoms with Crippen LogP contribution >= 0.6 is 0 Å². The number of ketones is 1. The number of carbonyl (C=O) groups excluding carboxylic acids is 1. The van der Waals surface area contributed by atoms with E-state index in [4.69, 9.17) is 0 Å². The molecule has 2 rings (SSSR count). The van der Waals surface area contributed by atoms with Gasteiger partial charge in [0.05, 0.1) is 0 Å². The Hall–Kier alpha value is -1.22. The Labute approximate surface area is 101 Å². The summed E-state index contributed by atoms with van der Waals surface area (Å²) in [4.78, 5) is 13.8. The van der Waals surface area contributed by atoms with Crippen LogP contribution in [0, 0.1) is 11.7 Å². The highest BCUT2D eigenvalue weighted by Crippen LogP contribution is 2.20. The standard InChI is InChI=1S/C14H18FNO/c1-2-14(17)12-7-8-16(10-12)9-11-3-5-13(15)6-4-11/h3-6,12H,2,7-10H2,1H3.